The van der Waals surface area contributed by atoms with Gasteiger partial charge in [0, 0.05) is 24.5 Å². The summed E-state index contributed by atoms with van der Waals surface area (Å²) in [6.07, 6.45) is 0.746. The maximum Gasteiger partial charge on any atom is 0.302 e. The monoisotopic (exact) mass is 351 g/mol. The summed E-state index contributed by atoms with van der Waals surface area (Å²) in [5, 5.41) is 10.8. The molecule has 1 fully saturated rings. The minimum atomic E-state index is -0.352. The topological polar surface area (TPSA) is 85.3 Å². The third kappa shape index (κ3) is 3.71. The number of esters is 1. The molecule has 7 heteroatoms. The first-order chi connectivity index (χ1) is 11.8. The summed E-state index contributed by atoms with van der Waals surface area (Å²) in [7, 11) is 4.88. The van der Waals surface area contributed by atoms with Crippen LogP contribution in [-0.4, -0.2) is 62.2 Å². The number of carbonyl (C=O) groups excluding carboxylic acids is 2. The number of hydrogen-bond acceptors (Lipinski definition) is 7. The molecule has 0 saturated carbocycles. The molecule has 25 heavy (non-hydrogen) atoms. The molecule has 1 aliphatic heterocycles. The van der Waals surface area contributed by atoms with E-state index in [-0.39, 0.29) is 47.4 Å². The predicted molar refractivity (Wildman–Crippen MR) is 91.6 cm³/mol. The van der Waals surface area contributed by atoms with Gasteiger partial charge in [0.2, 0.25) is 0 Å². The van der Waals surface area contributed by atoms with Gasteiger partial charge in [0.1, 0.15) is 29.4 Å². The van der Waals surface area contributed by atoms with Gasteiger partial charge in [-0.05, 0) is 26.9 Å². The number of aromatic hydroxyl groups is 1. The van der Waals surface area contributed by atoms with Crippen molar-refractivity contribution in [1.82, 2.24) is 4.90 Å². The highest BCUT2D eigenvalue weighted by atomic mass is 16.5. The molecule has 7 nitrogen and oxygen atoms in total. The van der Waals surface area contributed by atoms with Crippen LogP contribution >= 0.6 is 0 Å². The van der Waals surface area contributed by atoms with Crippen LogP contribution in [0.2, 0.25) is 0 Å². The minimum absolute atomic E-state index is 0.114. The lowest BCUT2D eigenvalue weighted by molar-refractivity contribution is -0.142. The second-order valence-electron chi connectivity index (χ2n) is 6.22. The molecule has 2 atom stereocenters. The first-order valence-electron chi connectivity index (χ1n) is 8.14. The molecule has 1 aromatic rings. The van der Waals surface area contributed by atoms with E-state index in [9.17, 15) is 14.7 Å². The Balaban J connectivity index is 2.54. The molecule has 1 aromatic carbocycles. The van der Waals surface area contributed by atoms with E-state index in [1.165, 1.54) is 28.1 Å². The molecule has 1 heterocycles. The van der Waals surface area contributed by atoms with Gasteiger partial charge >= 0.3 is 5.97 Å². The lowest BCUT2D eigenvalue weighted by Gasteiger charge is -2.27. The van der Waals surface area contributed by atoms with Crippen LogP contribution in [0.25, 0.3) is 0 Å². The average Bonchev–Trinajstić information content (AvgIpc) is 2.91. The molecular weight excluding hydrogens is 326 g/mol. The third-order valence-corrected chi connectivity index (χ3v) is 4.71. The summed E-state index contributed by atoms with van der Waals surface area (Å²) in [5.41, 5.74) is 0.689. The van der Waals surface area contributed by atoms with Crippen LogP contribution in [-0.2, 0) is 9.53 Å². The van der Waals surface area contributed by atoms with E-state index in [0.29, 0.717) is 11.3 Å². The maximum atomic E-state index is 12.0. The number of hydrogen-bond donors (Lipinski definition) is 1. The molecule has 0 aliphatic carbocycles. The number of Topliss-reactive ketones (excluding diaryl/α,β-unsaturated/α-hetero) is 1. The van der Waals surface area contributed by atoms with Gasteiger partial charge in [-0.25, -0.2) is 0 Å². The Morgan fingerprint density at radius 1 is 1.24 bits per heavy atom. The predicted octanol–water partition coefficient (Wildman–Crippen LogP) is 1.96. The SMILES string of the molecule is COc1cc(OC)c([C@H]2CCN(C)[C@@H]2COC(C)=O)c(O)c1C(C)=O. The van der Waals surface area contributed by atoms with Crippen LogP contribution < -0.4 is 9.47 Å². The molecular formula is C18H25NO6. The van der Waals surface area contributed by atoms with Crippen molar-refractivity contribution in [3.63, 3.8) is 0 Å². The van der Waals surface area contributed by atoms with Crippen molar-refractivity contribution in [2.24, 2.45) is 0 Å². The number of benzene rings is 1. The number of phenolic OH excluding ortho intramolecular Hbond substituents is 1. The molecule has 0 spiro atoms. The molecule has 1 saturated heterocycles. The number of likely N-dealkylation sites (tertiary alicyclic amines) is 1. The number of nitrogens with zero attached hydrogens (tertiary/aromatic N) is 1. The van der Waals surface area contributed by atoms with Crippen LogP contribution in [0.5, 0.6) is 17.2 Å². The van der Waals surface area contributed by atoms with Crippen LogP contribution in [0.1, 0.15) is 42.1 Å². The summed E-state index contributed by atoms with van der Waals surface area (Å²) in [4.78, 5) is 25.3. The molecule has 0 bridgehead atoms. The van der Waals surface area contributed by atoms with Crippen LogP contribution in [0.3, 0.4) is 0 Å². The Morgan fingerprint density at radius 3 is 2.40 bits per heavy atom. The first-order valence-corrected chi connectivity index (χ1v) is 8.14. The minimum Gasteiger partial charge on any atom is -0.507 e. The Hall–Kier alpha value is -2.28. The maximum absolute atomic E-state index is 12.0. The van der Waals surface area contributed by atoms with E-state index in [0.717, 1.165) is 13.0 Å². The number of carbonyl (C=O) groups is 2. The Morgan fingerprint density at radius 2 is 1.88 bits per heavy atom. The van der Waals surface area contributed by atoms with E-state index >= 15 is 0 Å². The third-order valence-electron chi connectivity index (χ3n) is 4.71. The standard InChI is InChI=1S/C18H25NO6/c1-10(20)16-14(23-4)8-15(24-5)17(18(16)22)12-6-7-19(3)13(12)9-25-11(2)21/h8,12-13,22H,6-7,9H2,1-5H3/t12-,13+/m0/s1. The molecule has 0 aromatic heterocycles. The lowest BCUT2D eigenvalue weighted by Crippen LogP contribution is -2.34. The highest BCUT2D eigenvalue weighted by molar-refractivity contribution is 6.00. The first kappa shape index (κ1) is 19.1. The normalized spacial score (nSPS) is 20.4. The smallest absolute Gasteiger partial charge is 0.302 e. The number of ketones is 1. The summed E-state index contributed by atoms with van der Waals surface area (Å²) < 4.78 is 15.9. The van der Waals surface area contributed by atoms with Crippen molar-refractivity contribution >= 4 is 11.8 Å². The molecule has 1 aliphatic rings. The van der Waals surface area contributed by atoms with Crippen molar-refractivity contribution in [2.75, 3.05) is 34.4 Å². The Bertz CT molecular complexity index is 672. The van der Waals surface area contributed by atoms with Gasteiger partial charge < -0.3 is 19.3 Å². The number of ether oxygens (including phenoxy) is 3. The van der Waals surface area contributed by atoms with Gasteiger partial charge in [-0.1, -0.05) is 0 Å². The summed E-state index contributed by atoms with van der Waals surface area (Å²) in [6.45, 7) is 3.73. The van der Waals surface area contributed by atoms with E-state index in [1.807, 2.05) is 7.05 Å². The van der Waals surface area contributed by atoms with Gasteiger partial charge in [0.15, 0.2) is 5.78 Å². The fourth-order valence-corrected chi connectivity index (χ4v) is 3.46. The zero-order valence-corrected chi connectivity index (χ0v) is 15.3. The van der Waals surface area contributed by atoms with E-state index < -0.39 is 0 Å². The molecule has 0 radical (unpaired) electrons. The van der Waals surface area contributed by atoms with Crippen LogP contribution in [0, 0.1) is 0 Å². The quantitative estimate of drug-likeness (QED) is 0.619. The second-order valence-corrected chi connectivity index (χ2v) is 6.22. The van der Waals surface area contributed by atoms with Gasteiger partial charge in [-0.3, -0.25) is 14.5 Å². The molecule has 2 rings (SSSR count). The van der Waals surface area contributed by atoms with Crippen molar-refractivity contribution in [1.29, 1.82) is 0 Å². The summed E-state index contributed by atoms with van der Waals surface area (Å²) in [5.74, 6) is -0.184. The largest absolute Gasteiger partial charge is 0.507 e. The fraction of sp³-hybridized carbons (Fsp3) is 0.556. The second kappa shape index (κ2) is 7.74. The van der Waals surface area contributed by atoms with E-state index in [4.69, 9.17) is 14.2 Å². The zero-order valence-electron chi connectivity index (χ0n) is 15.3. The summed E-state index contributed by atoms with van der Waals surface area (Å²) >= 11 is 0. The van der Waals surface area contributed by atoms with Crippen molar-refractivity contribution < 1.29 is 28.9 Å². The van der Waals surface area contributed by atoms with Gasteiger partial charge in [-0.2, -0.15) is 0 Å². The van der Waals surface area contributed by atoms with Gasteiger partial charge in [-0.15, -0.1) is 0 Å². The van der Waals surface area contributed by atoms with Crippen molar-refractivity contribution in [3.8, 4) is 17.2 Å². The fourth-order valence-electron chi connectivity index (χ4n) is 3.46. The molecule has 0 unspecified atom stereocenters. The Kier molecular flexibility index (Phi) is 5.89. The van der Waals surface area contributed by atoms with E-state index in [2.05, 4.69) is 4.90 Å². The van der Waals surface area contributed by atoms with Gasteiger partial charge in [0.05, 0.1) is 20.3 Å². The molecule has 0 amide bonds. The number of likely N-dealkylation sites (N-methyl/N-ethyl adjacent to an activating group) is 1. The van der Waals surface area contributed by atoms with Crippen LogP contribution in [0.4, 0.5) is 0 Å². The summed E-state index contributed by atoms with van der Waals surface area (Å²) in [6, 6.07) is 1.50. The number of phenols is 1. The number of rotatable bonds is 6. The molecule has 138 valence electrons. The highest BCUT2D eigenvalue weighted by Crippen LogP contribution is 2.47. The van der Waals surface area contributed by atoms with Crippen molar-refractivity contribution in [3.05, 3.63) is 17.2 Å². The Labute approximate surface area is 147 Å². The average molecular weight is 351 g/mol. The zero-order chi connectivity index (χ0) is 18.7. The number of methoxy groups -OCH3 is 2. The van der Waals surface area contributed by atoms with Crippen molar-refractivity contribution in [2.45, 2.75) is 32.2 Å². The lowest BCUT2D eigenvalue weighted by atomic mass is 9.88. The van der Waals surface area contributed by atoms with Crippen LogP contribution in [0.15, 0.2) is 6.07 Å². The van der Waals surface area contributed by atoms with E-state index in [1.54, 1.807) is 6.07 Å². The molecule has 1 N–H and O–H groups in total. The highest BCUT2D eigenvalue weighted by Gasteiger charge is 2.38. The van der Waals surface area contributed by atoms with Gasteiger partial charge in [0.25, 0.3) is 0 Å².